The SMILES string of the molecule is COc1nscc1S(=O)(=O)N1CCC=C(F)C1. The minimum Gasteiger partial charge on any atom is -0.479 e. The third-order valence-corrected chi connectivity index (χ3v) is 4.99. The fourth-order valence-corrected chi connectivity index (χ4v) is 4.01. The summed E-state index contributed by atoms with van der Waals surface area (Å²) >= 11 is 0.993. The van der Waals surface area contributed by atoms with Gasteiger partial charge in [-0.25, -0.2) is 12.8 Å². The van der Waals surface area contributed by atoms with Crippen LogP contribution in [-0.4, -0.2) is 37.3 Å². The van der Waals surface area contributed by atoms with Crippen molar-refractivity contribution in [1.82, 2.24) is 8.68 Å². The first-order valence-corrected chi connectivity index (χ1v) is 7.16. The Kier molecular flexibility index (Phi) is 3.45. The van der Waals surface area contributed by atoms with Gasteiger partial charge in [0.05, 0.1) is 13.7 Å². The average Bonchev–Trinajstić information content (AvgIpc) is 2.77. The fraction of sp³-hybridized carbons (Fsp3) is 0.444. The van der Waals surface area contributed by atoms with E-state index < -0.39 is 15.9 Å². The lowest BCUT2D eigenvalue weighted by Crippen LogP contribution is -2.35. The molecular formula is C9H11FN2O3S2. The number of aromatic nitrogens is 1. The first-order chi connectivity index (χ1) is 8.05. The standard InChI is InChI=1S/C9H11FN2O3S2/c1-15-9-8(6-16-11-9)17(13,14)12-4-2-3-7(10)5-12/h3,6H,2,4-5H2,1H3. The molecule has 1 aromatic heterocycles. The van der Waals surface area contributed by atoms with Crippen LogP contribution in [0.15, 0.2) is 22.2 Å². The molecule has 8 heteroatoms. The molecule has 0 aromatic carbocycles. The second-order valence-corrected chi connectivity index (χ2v) is 6.00. The summed E-state index contributed by atoms with van der Waals surface area (Å²) in [7, 11) is -2.37. The van der Waals surface area contributed by atoms with Crippen LogP contribution in [0.5, 0.6) is 5.88 Å². The van der Waals surface area contributed by atoms with Gasteiger partial charge in [0.25, 0.3) is 0 Å². The van der Waals surface area contributed by atoms with Crippen molar-refractivity contribution in [1.29, 1.82) is 0 Å². The number of methoxy groups -OCH3 is 1. The van der Waals surface area contributed by atoms with Gasteiger partial charge in [0.1, 0.15) is 5.83 Å². The Labute approximate surface area is 103 Å². The normalized spacial score (nSPS) is 17.9. The highest BCUT2D eigenvalue weighted by Crippen LogP contribution is 2.29. The summed E-state index contributed by atoms with van der Waals surface area (Å²) in [5.41, 5.74) is 0. The maximum absolute atomic E-state index is 13.1. The molecule has 5 nitrogen and oxygen atoms in total. The quantitative estimate of drug-likeness (QED) is 0.838. The molecule has 94 valence electrons. The van der Waals surface area contributed by atoms with Crippen molar-refractivity contribution in [2.75, 3.05) is 20.2 Å². The van der Waals surface area contributed by atoms with Crippen molar-refractivity contribution in [3.05, 3.63) is 17.3 Å². The minimum atomic E-state index is -3.72. The Balaban J connectivity index is 2.34. The fourth-order valence-electron chi connectivity index (χ4n) is 1.55. The Morgan fingerprint density at radius 1 is 1.59 bits per heavy atom. The lowest BCUT2D eigenvalue weighted by atomic mass is 10.3. The van der Waals surface area contributed by atoms with Gasteiger partial charge in [-0.15, -0.1) is 0 Å². The third kappa shape index (κ3) is 2.33. The van der Waals surface area contributed by atoms with Crippen LogP contribution in [0.4, 0.5) is 4.39 Å². The molecule has 0 unspecified atom stereocenters. The van der Waals surface area contributed by atoms with E-state index in [4.69, 9.17) is 4.74 Å². The van der Waals surface area contributed by atoms with Gasteiger partial charge in [0, 0.05) is 11.9 Å². The van der Waals surface area contributed by atoms with Crippen LogP contribution >= 0.6 is 11.5 Å². The highest BCUT2D eigenvalue weighted by molar-refractivity contribution is 7.89. The molecule has 0 saturated heterocycles. The summed E-state index contributed by atoms with van der Waals surface area (Å²) in [6.07, 6.45) is 1.78. The van der Waals surface area contributed by atoms with E-state index in [-0.39, 0.29) is 23.9 Å². The van der Waals surface area contributed by atoms with Crippen molar-refractivity contribution in [3.8, 4) is 5.88 Å². The minimum absolute atomic E-state index is 0.000278. The van der Waals surface area contributed by atoms with Gasteiger partial charge in [0.15, 0.2) is 4.90 Å². The molecule has 0 spiro atoms. The number of nitrogens with zero attached hydrogens (tertiary/aromatic N) is 2. The van der Waals surface area contributed by atoms with Gasteiger partial charge in [-0.1, -0.05) is 6.08 Å². The molecule has 2 rings (SSSR count). The number of sulfonamides is 1. The molecule has 1 aliphatic rings. The molecule has 0 aliphatic carbocycles. The van der Waals surface area contributed by atoms with Gasteiger partial charge in [-0.05, 0) is 18.0 Å². The second-order valence-electron chi connectivity index (χ2n) is 3.47. The van der Waals surface area contributed by atoms with Crippen molar-refractivity contribution >= 4 is 21.6 Å². The van der Waals surface area contributed by atoms with E-state index in [9.17, 15) is 12.8 Å². The van der Waals surface area contributed by atoms with Crippen LogP contribution in [0.25, 0.3) is 0 Å². The van der Waals surface area contributed by atoms with E-state index >= 15 is 0 Å². The summed E-state index contributed by atoms with van der Waals surface area (Å²) in [5, 5.41) is 1.39. The predicted molar refractivity (Wildman–Crippen MR) is 61.2 cm³/mol. The number of hydrogen-bond donors (Lipinski definition) is 0. The van der Waals surface area contributed by atoms with Crippen LogP contribution in [0.1, 0.15) is 6.42 Å². The Hall–Kier alpha value is -0.990. The number of ether oxygens (including phenoxy) is 1. The predicted octanol–water partition coefficient (Wildman–Crippen LogP) is 1.40. The highest BCUT2D eigenvalue weighted by Gasteiger charge is 2.31. The maximum Gasteiger partial charge on any atom is 0.249 e. The molecule has 0 saturated carbocycles. The van der Waals surface area contributed by atoms with Crippen molar-refractivity contribution in [2.24, 2.45) is 0 Å². The van der Waals surface area contributed by atoms with Crippen LogP contribution in [0.2, 0.25) is 0 Å². The first-order valence-electron chi connectivity index (χ1n) is 4.88. The van der Waals surface area contributed by atoms with Gasteiger partial charge in [-0.3, -0.25) is 0 Å². The zero-order chi connectivity index (χ0) is 12.5. The zero-order valence-electron chi connectivity index (χ0n) is 9.09. The zero-order valence-corrected chi connectivity index (χ0v) is 10.7. The number of halogens is 1. The lowest BCUT2D eigenvalue weighted by Gasteiger charge is -2.23. The Morgan fingerprint density at radius 3 is 3.00 bits per heavy atom. The molecule has 2 heterocycles. The average molecular weight is 278 g/mol. The van der Waals surface area contributed by atoms with Crippen LogP contribution in [0.3, 0.4) is 0 Å². The van der Waals surface area contributed by atoms with Crippen LogP contribution < -0.4 is 4.74 Å². The topological polar surface area (TPSA) is 59.5 Å². The molecule has 1 aliphatic heterocycles. The summed E-state index contributed by atoms with van der Waals surface area (Å²) in [6, 6.07) is 0. The van der Waals surface area contributed by atoms with E-state index in [0.29, 0.717) is 6.42 Å². The summed E-state index contributed by atoms with van der Waals surface area (Å²) in [5.74, 6) is -0.369. The molecule has 0 radical (unpaired) electrons. The molecule has 0 fully saturated rings. The van der Waals surface area contributed by atoms with Crippen LogP contribution in [-0.2, 0) is 10.0 Å². The van der Waals surface area contributed by atoms with E-state index in [1.165, 1.54) is 18.6 Å². The summed E-state index contributed by atoms with van der Waals surface area (Å²) in [6.45, 7) is 0.0517. The van der Waals surface area contributed by atoms with E-state index in [1.54, 1.807) is 0 Å². The van der Waals surface area contributed by atoms with Crippen molar-refractivity contribution in [3.63, 3.8) is 0 Å². The van der Waals surface area contributed by atoms with Crippen LogP contribution in [0, 0.1) is 0 Å². The van der Waals surface area contributed by atoms with E-state index in [0.717, 1.165) is 15.8 Å². The lowest BCUT2D eigenvalue weighted by molar-refractivity contribution is 0.373. The molecule has 0 atom stereocenters. The molecule has 0 bridgehead atoms. The first kappa shape index (κ1) is 12.5. The van der Waals surface area contributed by atoms with Gasteiger partial charge < -0.3 is 4.74 Å². The van der Waals surface area contributed by atoms with Gasteiger partial charge in [-0.2, -0.15) is 8.68 Å². The highest BCUT2D eigenvalue weighted by atomic mass is 32.2. The van der Waals surface area contributed by atoms with E-state index in [1.807, 2.05) is 0 Å². The second kappa shape index (κ2) is 4.71. The number of hydrogen-bond acceptors (Lipinski definition) is 5. The largest absolute Gasteiger partial charge is 0.479 e. The monoisotopic (exact) mass is 278 g/mol. The smallest absolute Gasteiger partial charge is 0.249 e. The van der Waals surface area contributed by atoms with Crippen molar-refractivity contribution < 1.29 is 17.5 Å². The molecule has 17 heavy (non-hydrogen) atoms. The Morgan fingerprint density at radius 2 is 2.35 bits per heavy atom. The summed E-state index contributed by atoms with van der Waals surface area (Å²) < 4.78 is 47.3. The molecule has 1 aromatic rings. The van der Waals surface area contributed by atoms with Crippen molar-refractivity contribution in [2.45, 2.75) is 11.3 Å². The Bertz CT molecular complexity index is 538. The third-order valence-electron chi connectivity index (χ3n) is 2.39. The maximum atomic E-state index is 13.1. The summed E-state index contributed by atoms with van der Waals surface area (Å²) in [4.78, 5) is -0.000278. The molecular weight excluding hydrogens is 267 g/mol. The number of rotatable bonds is 3. The van der Waals surface area contributed by atoms with Gasteiger partial charge in [0.2, 0.25) is 15.9 Å². The van der Waals surface area contributed by atoms with Gasteiger partial charge >= 0.3 is 0 Å². The van der Waals surface area contributed by atoms with E-state index in [2.05, 4.69) is 4.37 Å². The molecule has 0 N–H and O–H groups in total. The molecule has 0 amide bonds.